The first-order valence-electron chi connectivity index (χ1n) is 6.77. The van der Waals surface area contributed by atoms with Gasteiger partial charge in [-0.3, -0.25) is 0 Å². The second-order valence-electron chi connectivity index (χ2n) is 4.78. The Bertz CT molecular complexity index is 620. The average molecular weight is 269 g/mol. The lowest BCUT2D eigenvalue weighted by atomic mass is 10.0. The van der Waals surface area contributed by atoms with Gasteiger partial charge in [-0.15, -0.1) is 0 Å². The standard InChI is InChI=1S/C17H19NO2/c1-3-13-8-4-5-9-14(13)11-18-16-12(2)7-6-10-15(16)17(19)20/h4-10,18H,3,11H2,1-2H3,(H,19,20). The van der Waals surface area contributed by atoms with Crippen LogP contribution in [0.4, 0.5) is 5.69 Å². The van der Waals surface area contributed by atoms with Crippen molar-refractivity contribution in [2.45, 2.75) is 26.8 Å². The maximum atomic E-state index is 11.3. The number of anilines is 1. The first kappa shape index (κ1) is 14.1. The topological polar surface area (TPSA) is 49.3 Å². The molecule has 0 bridgehead atoms. The molecule has 2 N–H and O–H groups in total. The summed E-state index contributed by atoms with van der Waals surface area (Å²) < 4.78 is 0. The molecule has 0 amide bonds. The predicted octanol–water partition coefficient (Wildman–Crippen LogP) is 3.87. The van der Waals surface area contributed by atoms with Crippen molar-refractivity contribution in [3.63, 3.8) is 0 Å². The van der Waals surface area contributed by atoms with E-state index in [1.165, 1.54) is 11.1 Å². The Hall–Kier alpha value is -2.29. The van der Waals surface area contributed by atoms with Gasteiger partial charge in [0.05, 0.1) is 11.3 Å². The van der Waals surface area contributed by atoms with Gasteiger partial charge in [0, 0.05) is 6.54 Å². The highest BCUT2D eigenvalue weighted by atomic mass is 16.4. The van der Waals surface area contributed by atoms with Crippen molar-refractivity contribution < 1.29 is 9.90 Å². The van der Waals surface area contributed by atoms with Crippen LogP contribution in [0.3, 0.4) is 0 Å². The maximum absolute atomic E-state index is 11.3. The molecule has 20 heavy (non-hydrogen) atoms. The summed E-state index contributed by atoms with van der Waals surface area (Å²) in [5.74, 6) is -0.903. The lowest BCUT2D eigenvalue weighted by Crippen LogP contribution is -2.09. The average Bonchev–Trinajstić information content (AvgIpc) is 2.46. The molecule has 3 heteroatoms. The molecule has 2 aromatic rings. The smallest absolute Gasteiger partial charge is 0.337 e. The molecule has 2 aromatic carbocycles. The Labute approximate surface area is 119 Å². The Morgan fingerprint density at radius 2 is 1.80 bits per heavy atom. The number of benzene rings is 2. The van der Waals surface area contributed by atoms with Crippen molar-refractivity contribution in [1.82, 2.24) is 0 Å². The van der Waals surface area contributed by atoms with E-state index < -0.39 is 5.97 Å². The van der Waals surface area contributed by atoms with Crippen molar-refractivity contribution in [3.05, 3.63) is 64.7 Å². The van der Waals surface area contributed by atoms with Crippen LogP contribution >= 0.6 is 0 Å². The van der Waals surface area contributed by atoms with Crippen LogP contribution in [-0.2, 0) is 13.0 Å². The highest BCUT2D eigenvalue weighted by Gasteiger charge is 2.11. The molecule has 0 aromatic heterocycles. The van der Waals surface area contributed by atoms with Crippen molar-refractivity contribution in [3.8, 4) is 0 Å². The highest BCUT2D eigenvalue weighted by Crippen LogP contribution is 2.22. The third-order valence-electron chi connectivity index (χ3n) is 3.46. The van der Waals surface area contributed by atoms with Gasteiger partial charge in [-0.1, -0.05) is 43.3 Å². The summed E-state index contributed by atoms with van der Waals surface area (Å²) in [6.45, 7) is 4.67. The Balaban J connectivity index is 2.25. The largest absolute Gasteiger partial charge is 0.478 e. The summed E-state index contributed by atoms with van der Waals surface area (Å²) >= 11 is 0. The molecule has 0 spiro atoms. The fraction of sp³-hybridized carbons (Fsp3) is 0.235. The Kier molecular flexibility index (Phi) is 4.41. The van der Waals surface area contributed by atoms with Gasteiger partial charge >= 0.3 is 5.97 Å². The number of carbonyl (C=O) groups is 1. The molecule has 0 aliphatic rings. The fourth-order valence-corrected chi connectivity index (χ4v) is 2.34. The van der Waals surface area contributed by atoms with Crippen LogP contribution in [0.1, 0.15) is 34.0 Å². The number of para-hydroxylation sites is 1. The quantitative estimate of drug-likeness (QED) is 0.866. The van der Waals surface area contributed by atoms with E-state index in [1.807, 2.05) is 25.1 Å². The van der Waals surface area contributed by atoms with Crippen LogP contribution < -0.4 is 5.32 Å². The second-order valence-corrected chi connectivity index (χ2v) is 4.78. The zero-order valence-electron chi connectivity index (χ0n) is 11.8. The van der Waals surface area contributed by atoms with Crippen molar-refractivity contribution in [2.24, 2.45) is 0 Å². The van der Waals surface area contributed by atoms with Crippen molar-refractivity contribution in [2.75, 3.05) is 5.32 Å². The van der Waals surface area contributed by atoms with Crippen LogP contribution in [0.15, 0.2) is 42.5 Å². The first-order chi connectivity index (χ1) is 9.63. The van der Waals surface area contributed by atoms with Gasteiger partial charge in [0.2, 0.25) is 0 Å². The van der Waals surface area contributed by atoms with Gasteiger partial charge in [0.1, 0.15) is 0 Å². The summed E-state index contributed by atoms with van der Waals surface area (Å²) in [6, 6.07) is 13.5. The first-order valence-corrected chi connectivity index (χ1v) is 6.77. The summed E-state index contributed by atoms with van der Waals surface area (Å²) in [7, 11) is 0. The van der Waals surface area contributed by atoms with Crippen molar-refractivity contribution in [1.29, 1.82) is 0 Å². The van der Waals surface area contributed by atoms with E-state index in [0.717, 1.165) is 12.0 Å². The SMILES string of the molecule is CCc1ccccc1CNc1c(C)cccc1C(=O)O. The van der Waals surface area contributed by atoms with Crippen LogP contribution in [0.25, 0.3) is 0 Å². The van der Waals surface area contributed by atoms with E-state index in [2.05, 4.69) is 24.4 Å². The summed E-state index contributed by atoms with van der Waals surface area (Å²) in [4.78, 5) is 11.3. The maximum Gasteiger partial charge on any atom is 0.337 e. The lowest BCUT2D eigenvalue weighted by Gasteiger charge is -2.14. The molecule has 0 unspecified atom stereocenters. The zero-order chi connectivity index (χ0) is 14.5. The normalized spacial score (nSPS) is 10.3. The number of aryl methyl sites for hydroxylation is 2. The van der Waals surface area contributed by atoms with E-state index in [4.69, 9.17) is 0 Å². The summed E-state index contributed by atoms with van der Waals surface area (Å²) in [6.07, 6.45) is 0.970. The third-order valence-corrected chi connectivity index (χ3v) is 3.46. The second kappa shape index (κ2) is 6.24. The minimum absolute atomic E-state index is 0.318. The van der Waals surface area contributed by atoms with Crippen LogP contribution in [-0.4, -0.2) is 11.1 Å². The monoisotopic (exact) mass is 269 g/mol. The molecule has 0 radical (unpaired) electrons. The van der Waals surface area contributed by atoms with Crippen LogP contribution in [0.5, 0.6) is 0 Å². The molecule has 0 saturated carbocycles. The zero-order valence-corrected chi connectivity index (χ0v) is 11.8. The molecule has 2 rings (SSSR count). The predicted molar refractivity (Wildman–Crippen MR) is 81.3 cm³/mol. The molecular formula is C17H19NO2. The molecule has 0 heterocycles. The highest BCUT2D eigenvalue weighted by molar-refractivity contribution is 5.95. The van der Waals surface area contributed by atoms with E-state index >= 15 is 0 Å². The molecule has 0 saturated heterocycles. The molecule has 0 atom stereocenters. The van der Waals surface area contributed by atoms with Gasteiger partial charge < -0.3 is 10.4 Å². The van der Waals surface area contributed by atoms with E-state index in [1.54, 1.807) is 12.1 Å². The number of aromatic carboxylic acids is 1. The minimum atomic E-state index is -0.903. The van der Waals surface area contributed by atoms with Gasteiger partial charge in [0.25, 0.3) is 0 Å². The number of hydrogen-bond donors (Lipinski definition) is 2. The molecule has 3 nitrogen and oxygen atoms in total. The van der Waals surface area contributed by atoms with Gasteiger partial charge in [-0.2, -0.15) is 0 Å². The lowest BCUT2D eigenvalue weighted by molar-refractivity contribution is 0.0698. The molecule has 0 aliphatic carbocycles. The number of rotatable bonds is 5. The number of nitrogens with one attached hydrogen (secondary N) is 1. The Morgan fingerprint density at radius 1 is 1.10 bits per heavy atom. The molecular weight excluding hydrogens is 250 g/mol. The molecule has 104 valence electrons. The number of carboxylic acid groups (broad SMARTS) is 1. The number of carboxylic acids is 1. The van der Waals surface area contributed by atoms with E-state index in [9.17, 15) is 9.90 Å². The van der Waals surface area contributed by atoms with Gasteiger partial charge in [-0.25, -0.2) is 4.79 Å². The van der Waals surface area contributed by atoms with E-state index in [0.29, 0.717) is 17.8 Å². The Morgan fingerprint density at radius 3 is 2.45 bits per heavy atom. The molecule has 0 fully saturated rings. The third kappa shape index (κ3) is 2.99. The van der Waals surface area contributed by atoms with Gasteiger partial charge in [0.15, 0.2) is 0 Å². The minimum Gasteiger partial charge on any atom is -0.478 e. The number of hydrogen-bond acceptors (Lipinski definition) is 2. The van der Waals surface area contributed by atoms with Crippen molar-refractivity contribution >= 4 is 11.7 Å². The fourth-order valence-electron chi connectivity index (χ4n) is 2.34. The van der Waals surface area contributed by atoms with E-state index in [-0.39, 0.29) is 0 Å². The molecule has 0 aliphatic heterocycles. The summed E-state index contributed by atoms with van der Waals surface area (Å²) in [5.41, 5.74) is 4.45. The summed E-state index contributed by atoms with van der Waals surface area (Å²) in [5, 5.41) is 12.5. The van der Waals surface area contributed by atoms with Crippen LogP contribution in [0, 0.1) is 6.92 Å². The van der Waals surface area contributed by atoms with Crippen LogP contribution in [0.2, 0.25) is 0 Å². The van der Waals surface area contributed by atoms with Gasteiger partial charge in [-0.05, 0) is 36.1 Å².